The maximum Gasteiger partial charge on any atom is 0.331 e. The fourth-order valence-electron chi connectivity index (χ4n) is 7.51. The summed E-state index contributed by atoms with van der Waals surface area (Å²) in [5, 5.41) is 7.71. The number of carbonyl (C=O) groups is 1. The molecule has 1 aliphatic heterocycles. The molecular weight excluding hydrogens is 607 g/mol. The first-order valence-corrected chi connectivity index (χ1v) is 17.9. The molecule has 4 aromatic carbocycles. The van der Waals surface area contributed by atoms with E-state index in [1.54, 1.807) is 4.68 Å². The van der Waals surface area contributed by atoms with E-state index in [1.165, 1.54) is 28.5 Å². The largest absolute Gasteiger partial charge is 0.477 e. The molecule has 0 radical (unpaired) electrons. The van der Waals surface area contributed by atoms with Crippen LogP contribution in [0.3, 0.4) is 0 Å². The van der Waals surface area contributed by atoms with E-state index >= 15 is 4.21 Å². The van der Waals surface area contributed by atoms with Crippen LogP contribution in [0, 0.1) is 0 Å². The summed E-state index contributed by atoms with van der Waals surface area (Å²) in [5.74, 6) is 0.713. The summed E-state index contributed by atoms with van der Waals surface area (Å²) in [5.41, 5.74) is 6.99. The van der Waals surface area contributed by atoms with Gasteiger partial charge in [-0.25, -0.2) is 18.4 Å². The molecule has 0 saturated carbocycles. The number of nitrogens with one attached hydrogen (secondary N) is 2. The molecule has 8 rings (SSSR count). The van der Waals surface area contributed by atoms with Gasteiger partial charge in [0.15, 0.2) is 9.92 Å². The monoisotopic (exact) mass is 643 g/mol. The van der Waals surface area contributed by atoms with Crippen molar-refractivity contribution in [3.63, 3.8) is 0 Å². The molecule has 9 heteroatoms. The van der Waals surface area contributed by atoms with Crippen LogP contribution in [0.5, 0.6) is 5.88 Å². The molecule has 2 amide bonds. The minimum atomic E-state index is -3.77. The number of anilines is 1. The van der Waals surface area contributed by atoms with Crippen LogP contribution in [0.2, 0.25) is 0 Å². The molecule has 238 valence electrons. The maximum absolute atomic E-state index is 15.8. The van der Waals surface area contributed by atoms with Gasteiger partial charge in [0.1, 0.15) is 10.4 Å². The number of ether oxygens (including phenoxy) is 1. The molecule has 0 bridgehead atoms. The molecule has 0 spiro atoms. The number of aromatic nitrogens is 2. The highest BCUT2D eigenvalue weighted by atomic mass is 32.2. The Hall–Kier alpha value is -4.89. The molecule has 2 atom stereocenters. The van der Waals surface area contributed by atoms with Gasteiger partial charge in [0.25, 0.3) is 0 Å². The number of fused-ring (bicyclic) bond motifs is 3. The summed E-state index contributed by atoms with van der Waals surface area (Å²) in [7, 11) is -3.77. The minimum Gasteiger partial charge on any atom is -0.477 e. The van der Waals surface area contributed by atoms with Gasteiger partial charge in [-0.15, -0.1) is 0 Å². The normalized spacial score (nSPS) is 17.6. The van der Waals surface area contributed by atoms with Crippen LogP contribution >= 0.6 is 0 Å². The molecular formula is C38H37N5O3S. The highest BCUT2D eigenvalue weighted by Crippen LogP contribution is 2.46. The molecule has 8 nitrogen and oxygen atoms in total. The zero-order valence-electron chi connectivity index (χ0n) is 26.3. The number of hydrogen-bond acceptors (Lipinski definition) is 5. The highest BCUT2D eigenvalue weighted by molar-refractivity contribution is 7.92. The van der Waals surface area contributed by atoms with E-state index in [2.05, 4.69) is 28.1 Å². The van der Waals surface area contributed by atoms with Crippen LogP contribution in [-0.2, 0) is 41.3 Å². The van der Waals surface area contributed by atoms with Crippen molar-refractivity contribution in [1.82, 2.24) is 14.5 Å². The van der Waals surface area contributed by atoms with Crippen LogP contribution in [-0.4, -0.2) is 26.6 Å². The molecule has 47 heavy (non-hydrogen) atoms. The van der Waals surface area contributed by atoms with E-state index in [0.29, 0.717) is 24.9 Å². The summed E-state index contributed by atoms with van der Waals surface area (Å²) in [4.78, 5) is 14.5. The van der Waals surface area contributed by atoms with Crippen LogP contribution < -0.4 is 14.8 Å². The summed E-state index contributed by atoms with van der Waals surface area (Å²) in [6.45, 7) is 3.27. The van der Waals surface area contributed by atoms with E-state index in [-0.39, 0.29) is 4.90 Å². The summed E-state index contributed by atoms with van der Waals surface area (Å²) >= 11 is 0. The standard InChI is InChI=1S/C38H37N5O3S/c1-26-23-28-24-27-13-11-20-32(27)35(34(26)28)40-37(44)41-47(45,33-25-39-43-21-12-22-46-36(33)43)42-38(29-14-5-2-6-15-29,30-16-7-3-8-17-30)31-18-9-4-10-19-31/h2-10,14-19,24-26H,11-13,20-23H2,1H3,(H2,40,41,42,44,45)/t26-,47?/m0/s1. The lowest BCUT2D eigenvalue weighted by Gasteiger charge is -2.33. The average Bonchev–Trinajstić information content (AvgIpc) is 3.76. The Balaban J connectivity index is 1.34. The minimum absolute atomic E-state index is 0.249. The summed E-state index contributed by atoms with van der Waals surface area (Å²) < 4.78 is 31.9. The molecule has 5 aromatic rings. The van der Waals surface area contributed by atoms with E-state index in [1.807, 2.05) is 91.0 Å². The first-order chi connectivity index (χ1) is 23.0. The second-order valence-electron chi connectivity index (χ2n) is 12.6. The Morgan fingerprint density at radius 3 is 2.17 bits per heavy atom. The second kappa shape index (κ2) is 11.7. The molecule has 1 unspecified atom stereocenters. The fourth-order valence-corrected chi connectivity index (χ4v) is 9.36. The number of rotatable bonds is 7. The van der Waals surface area contributed by atoms with Crippen molar-refractivity contribution in [2.75, 3.05) is 11.9 Å². The van der Waals surface area contributed by atoms with E-state index < -0.39 is 21.5 Å². The SMILES string of the molecule is C[C@H]1Cc2cc3c(c(NC(=O)NS(=O)(=NC(c4ccccc4)(c4ccccc4)c4ccccc4)c4cnn5c4OCCC5)c21)CCC3. The Kier molecular flexibility index (Phi) is 7.36. The zero-order chi connectivity index (χ0) is 32.0. The van der Waals surface area contributed by atoms with Crippen LogP contribution in [0.4, 0.5) is 10.5 Å². The third-order valence-electron chi connectivity index (χ3n) is 9.67. The van der Waals surface area contributed by atoms with Crippen LogP contribution in [0.1, 0.15) is 64.6 Å². The van der Waals surface area contributed by atoms with Gasteiger partial charge in [-0.05, 0) is 70.5 Å². The lowest BCUT2D eigenvalue weighted by atomic mass is 9.75. The first-order valence-electron chi connectivity index (χ1n) is 16.4. The number of urea groups is 1. The topological polar surface area (TPSA) is 97.6 Å². The fraction of sp³-hybridized carbons (Fsp3) is 0.263. The number of aryl methyl sites for hydroxylation is 2. The van der Waals surface area contributed by atoms with Gasteiger partial charge in [0.05, 0.1) is 12.8 Å². The predicted molar refractivity (Wildman–Crippen MR) is 183 cm³/mol. The Morgan fingerprint density at radius 1 is 0.915 bits per heavy atom. The Morgan fingerprint density at radius 2 is 1.55 bits per heavy atom. The van der Waals surface area contributed by atoms with Gasteiger partial charge in [0.2, 0.25) is 5.88 Å². The molecule has 0 fully saturated rings. The number of nitrogens with zero attached hydrogens (tertiary/aromatic N) is 3. The van der Waals surface area contributed by atoms with Crippen molar-refractivity contribution in [3.05, 3.63) is 142 Å². The zero-order valence-corrected chi connectivity index (χ0v) is 27.1. The predicted octanol–water partition coefficient (Wildman–Crippen LogP) is 7.37. The second-order valence-corrected chi connectivity index (χ2v) is 14.5. The van der Waals surface area contributed by atoms with Gasteiger partial charge in [-0.2, -0.15) is 9.46 Å². The van der Waals surface area contributed by atoms with E-state index in [9.17, 15) is 4.79 Å². The van der Waals surface area contributed by atoms with Crippen molar-refractivity contribution in [1.29, 1.82) is 0 Å². The Bertz CT molecular complexity index is 1990. The van der Waals surface area contributed by atoms with Crippen molar-refractivity contribution in [2.45, 2.75) is 61.9 Å². The van der Waals surface area contributed by atoms with E-state index in [0.717, 1.165) is 54.5 Å². The van der Waals surface area contributed by atoms with E-state index in [4.69, 9.17) is 9.10 Å². The smallest absolute Gasteiger partial charge is 0.331 e. The number of amides is 2. The third kappa shape index (κ3) is 5.00. The molecule has 2 heterocycles. The summed E-state index contributed by atoms with van der Waals surface area (Å²) in [6.07, 6.45) is 6.29. The number of hydrogen-bond donors (Lipinski definition) is 2. The van der Waals surface area contributed by atoms with Crippen molar-refractivity contribution in [3.8, 4) is 5.88 Å². The van der Waals surface area contributed by atoms with Crippen molar-refractivity contribution < 1.29 is 13.7 Å². The number of carbonyl (C=O) groups excluding carboxylic acids is 1. The summed E-state index contributed by atoms with van der Waals surface area (Å²) in [6, 6.07) is 31.2. The molecule has 1 aromatic heterocycles. The van der Waals surface area contributed by atoms with Crippen molar-refractivity contribution in [2.24, 2.45) is 4.36 Å². The van der Waals surface area contributed by atoms with Gasteiger partial charge >= 0.3 is 6.03 Å². The lowest BCUT2D eigenvalue weighted by molar-refractivity contribution is 0.224. The molecule has 2 N–H and O–H groups in total. The quantitative estimate of drug-likeness (QED) is 0.181. The van der Waals surface area contributed by atoms with Gasteiger partial charge in [-0.1, -0.05) is 104 Å². The van der Waals surface area contributed by atoms with Gasteiger partial charge in [-0.3, -0.25) is 0 Å². The van der Waals surface area contributed by atoms with Crippen LogP contribution in [0.15, 0.2) is 113 Å². The third-order valence-corrected chi connectivity index (χ3v) is 11.5. The molecule has 2 aliphatic carbocycles. The van der Waals surface area contributed by atoms with Gasteiger partial charge in [0, 0.05) is 18.7 Å². The van der Waals surface area contributed by atoms with Gasteiger partial charge < -0.3 is 10.1 Å². The maximum atomic E-state index is 15.8. The molecule has 3 aliphatic rings. The average molecular weight is 644 g/mol. The number of benzene rings is 4. The Labute approximate surface area is 275 Å². The molecule has 0 saturated heterocycles. The first kappa shape index (κ1) is 29.5. The highest BCUT2D eigenvalue weighted by Gasteiger charge is 2.41. The van der Waals surface area contributed by atoms with Crippen LogP contribution in [0.25, 0.3) is 0 Å². The lowest BCUT2D eigenvalue weighted by Crippen LogP contribution is -2.39. The van der Waals surface area contributed by atoms with Crippen molar-refractivity contribution >= 4 is 21.6 Å².